The van der Waals surface area contributed by atoms with Crippen LogP contribution in [0.15, 0.2) is 60.0 Å². The summed E-state index contributed by atoms with van der Waals surface area (Å²) in [5.41, 5.74) is 3.55. The highest BCUT2D eigenvalue weighted by molar-refractivity contribution is 7.91. The molecule has 0 spiro atoms. The second kappa shape index (κ2) is 7.35. The molecule has 2 aromatic heterocycles. The normalized spacial score (nSPS) is 14.8. The van der Waals surface area contributed by atoms with Gasteiger partial charge in [0.15, 0.2) is 5.03 Å². The number of aromatic nitrogens is 3. The van der Waals surface area contributed by atoms with Gasteiger partial charge in [-0.1, -0.05) is 30.3 Å². The molecule has 1 atom stereocenters. The van der Waals surface area contributed by atoms with Gasteiger partial charge in [-0.05, 0) is 17.7 Å². The first-order chi connectivity index (χ1) is 14.9. The summed E-state index contributed by atoms with van der Waals surface area (Å²) >= 11 is 0. The molecule has 2 aromatic carbocycles. The number of benzene rings is 2. The number of imidazole rings is 1. The van der Waals surface area contributed by atoms with Crippen LogP contribution in [0.3, 0.4) is 0 Å². The third-order valence-electron chi connectivity index (χ3n) is 5.35. The highest BCUT2D eigenvalue weighted by Crippen LogP contribution is 2.32. The minimum atomic E-state index is -3.08. The number of hydrogen-bond donors (Lipinski definition) is 2. The van der Waals surface area contributed by atoms with E-state index in [0.717, 1.165) is 16.7 Å². The van der Waals surface area contributed by atoms with Gasteiger partial charge in [0.2, 0.25) is 5.95 Å². The Kier molecular flexibility index (Phi) is 4.62. The molecule has 0 aliphatic carbocycles. The molecule has 4 aromatic rings. The lowest BCUT2D eigenvalue weighted by molar-refractivity contribution is 0.356. The van der Waals surface area contributed by atoms with Crippen molar-refractivity contribution in [1.82, 2.24) is 14.4 Å². The standard InChI is InChI=1S/C22H20FN5O2S/c1-31(24,29)21-20-16(14-5-3-2-4-6-14)11-25-22(28(20)13-27-21)26-12-17-15-9-10-30-19(15)8-7-18(17)23/h2-8,11,13,24H,9-10,12H2,1H3,(H,25,26). The molecule has 0 fully saturated rings. The molecule has 0 radical (unpaired) electrons. The topological polar surface area (TPSA) is 92.4 Å². The lowest BCUT2D eigenvalue weighted by atomic mass is 10.0. The van der Waals surface area contributed by atoms with Crippen molar-refractivity contribution in [3.8, 4) is 16.9 Å². The molecule has 1 unspecified atom stereocenters. The van der Waals surface area contributed by atoms with Crippen LogP contribution in [0.5, 0.6) is 5.75 Å². The van der Waals surface area contributed by atoms with Gasteiger partial charge in [0.05, 0.1) is 21.9 Å². The van der Waals surface area contributed by atoms with Gasteiger partial charge in [-0.3, -0.25) is 4.40 Å². The summed E-state index contributed by atoms with van der Waals surface area (Å²) in [6.45, 7) is 0.750. The predicted octanol–water partition coefficient (Wildman–Crippen LogP) is 4.12. The lowest BCUT2D eigenvalue weighted by Gasteiger charge is -2.14. The van der Waals surface area contributed by atoms with Crippen LogP contribution in [-0.4, -0.2) is 31.4 Å². The summed E-state index contributed by atoms with van der Waals surface area (Å²) < 4.78 is 42.4. The Morgan fingerprint density at radius 1 is 1.23 bits per heavy atom. The fourth-order valence-corrected chi connectivity index (χ4v) is 4.73. The number of halogens is 1. The Labute approximate surface area is 178 Å². The van der Waals surface area contributed by atoms with E-state index in [0.29, 0.717) is 35.8 Å². The monoisotopic (exact) mass is 437 g/mol. The lowest BCUT2D eigenvalue weighted by Crippen LogP contribution is -2.10. The largest absolute Gasteiger partial charge is 0.493 e. The predicted molar refractivity (Wildman–Crippen MR) is 116 cm³/mol. The summed E-state index contributed by atoms with van der Waals surface area (Å²) in [5, 5.41) is 3.37. The van der Waals surface area contributed by atoms with Crippen LogP contribution in [0.4, 0.5) is 10.3 Å². The molecule has 1 aliphatic rings. The molecule has 0 saturated heterocycles. The second-order valence-electron chi connectivity index (χ2n) is 7.43. The molecule has 3 heterocycles. The number of fused-ring (bicyclic) bond motifs is 2. The summed E-state index contributed by atoms with van der Waals surface area (Å²) in [6, 6.07) is 12.6. The molecule has 158 valence electrons. The van der Waals surface area contributed by atoms with Crippen molar-refractivity contribution in [3.05, 3.63) is 71.9 Å². The van der Waals surface area contributed by atoms with Crippen molar-refractivity contribution in [1.29, 1.82) is 4.78 Å². The van der Waals surface area contributed by atoms with Crippen molar-refractivity contribution in [2.45, 2.75) is 18.0 Å². The van der Waals surface area contributed by atoms with E-state index in [1.807, 2.05) is 30.3 Å². The van der Waals surface area contributed by atoms with E-state index in [2.05, 4.69) is 15.3 Å². The molecular formula is C22H20FN5O2S. The quantitative estimate of drug-likeness (QED) is 0.490. The minimum Gasteiger partial charge on any atom is -0.493 e. The van der Waals surface area contributed by atoms with Crippen LogP contribution in [0, 0.1) is 10.6 Å². The van der Waals surface area contributed by atoms with Gasteiger partial charge >= 0.3 is 0 Å². The average molecular weight is 438 g/mol. The maximum atomic E-state index is 14.5. The molecule has 7 nitrogen and oxygen atoms in total. The van der Waals surface area contributed by atoms with Crippen LogP contribution in [0.2, 0.25) is 0 Å². The zero-order chi connectivity index (χ0) is 21.6. The second-order valence-corrected chi connectivity index (χ2v) is 9.50. The van der Waals surface area contributed by atoms with Crippen LogP contribution in [0.25, 0.3) is 16.6 Å². The van der Waals surface area contributed by atoms with E-state index >= 15 is 0 Å². The number of rotatable bonds is 5. The van der Waals surface area contributed by atoms with Crippen molar-refractivity contribution in [3.63, 3.8) is 0 Å². The number of anilines is 1. The van der Waals surface area contributed by atoms with Gasteiger partial charge in [-0.15, -0.1) is 0 Å². The summed E-state index contributed by atoms with van der Waals surface area (Å²) in [7, 11) is -3.08. The van der Waals surface area contributed by atoms with Crippen LogP contribution in [0.1, 0.15) is 11.1 Å². The van der Waals surface area contributed by atoms with E-state index in [-0.39, 0.29) is 17.4 Å². The van der Waals surface area contributed by atoms with Gasteiger partial charge in [-0.2, -0.15) is 0 Å². The third kappa shape index (κ3) is 3.40. The highest BCUT2D eigenvalue weighted by atomic mass is 32.2. The smallest absolute Gasteiger partial charge is 0.209 e. The molecule has 1 aliphatic heterocycles. The Morgan fingerprint density at radius 2 is 2.03 bits per heavy atom. The van der Waals surface area contributed by atoms with Gasteiger partial charge in [0.1, 0.15) is 17.9 Å². The van der Waals surface area contributed by atoms with Gasteiger partial charge in [-0.25, -0.2) is 23.3 Å². The Bertz CT molecular complexity index is 1400. The first kappa shape index (κ1) is 19.5. The Hall–Kier alpha value is -3.46. The van der Waals surface area contributed by atoms with E-state index in [4.69, 9.17) is 9.52 Å². The van der Waals surface area contributed by atoms with Crippen LogP contribution < -0.4 is 10.1 Å². The summed E-state index contributed by atoms with van der Waals surface area (Å²) in [6.07, 6.45) is 5.17. The van der Waals surface area contributed by atoms with E-state index in [9.17, 15) is 8.60 Å². The Morgan fingerprint density at radius 3 is 2.81 bits per heavy atom. The van der Waals surface area contributed by atoms with E-state index in [1.165, 1.54) is 18.6 Å². The fourth-order valence-electron chi connectivity index (χ4n) is 3.91. The SMILES string of the molecule is CS(=N)(=O)c1ncn2c(NCc3c(F)ccc4c3CCO4)ncc(-c3ccccc3)c12. The molecule has 2 N–H and O–H groups in total. The minimum absolute atomic E-state index is 0.192. The molecule has 31 heavy (non-hydrogen) atoms. The summed E-state index contributed by atoms with van der Waals surface area (Å²) in [4.78, 5) is 8.79. The molecule has 0 saturated carbocycles. The fraction of sp³-hybridized carbons (Fsp3) is 0.182. The zero-order valence-electron chi connectivity index (χ0n) is 16.8. The van der Waals surface area contributed by atoms with Gasteiger partial charge in [0, 0.05) is 42.1 Å². The van der Waals surface area contributed by atoms with E-state index < -0.39 is 9.73 Å². The molecular weight excluding hydrogens is 417 g/mol. The first-order valence-electron chi connectivity index (χ1n) is 9.75. The van der Waals surface area contributed by atoms with Crippen molar-refractivity contribution >= 4 is 21.2 Å². The van der Waals surface area contributed by atoms with Crippen molar-refractivity contribution in [2.24, 2.45) is 0 Å². The molecule has 0 amide bonds. The zero-order valence-corrected chi connectivity index (χ0v) is 17.6. The van der Waals surface area contributed by atoms with E-state index in [1.54, 1.807) is 16.7 Å². The Balaban J connectivity index is 1.60. The maximum absolute atomic E-state index is 14.5. The highest BCUT2D eigenvalue weighted by Gasteiger charge is 2.22. The van der Waals surface area contributed by atoms with Gasteiger partial charge in [0.25, 0.3) is 0 Å². The first-order valence-corrected chi connectivity index (χ1v) is 11.7. The van der Waals surface area contributed by atoms with Crippen LogP contribution >= 0.6 is 0 Å². The number of hydrogen-bond acceptors (Lipinski definition) is 6. The van der Waals surface area contributed by atoms with Gasteiger partial charge < -0.3 is 10.1 Å². The van der Waals surface area contributed by atoms with Crippen LogP contribution in [-0.2, 0) is 22.7 Å². The summed E-state index contributed by atoms with van der Waals surface area (Å²) in [5.74, 6) is 0.830. The number of ether oxygens (including phenoxy) is 1. The van der Waals surface area contributed by atoms with Crippen molar-refractivity contribution in [2.75, 3.05) is 18.2 Å². The molecule has 9 heteroatoms. The molecule has 5 rings (SSSR count). The maximum Gasteiger partial charge on any atom is 0.209 e. The molecule has 0 bridgehead atoms. The number of nitrogens with zero attached hydrogens (tertiary/aromatic N) is 3. The van der Waals surface area contributed by atoms with Crippen molar-refractivity contribution < 1.29 is 13.3 Å². The third-order valence-corrected chi connectivity index (χ3v) is 6.39. The average Bonchev–Trinajstić information content (AvgIpc) is 3.41. The number of nitrogens with one attached hydrogen (secondary N) is 2.